The molecule has 1 unspecified atom stereocenters. The van der Waals surface area contributed by atoms with E-state index in [0.29, 0.717) is 12.4 Å². The van der Waals surface area contributed by atoms with Crippen LogP contribution in [0, 0.1) is 11.3 Å². The van der Waals surface area contributed by atoms with Gasteiger partial charge in [-0.05, 0) is 27.2 Å². The molecule has 0 aliphatic carbocycles. The number of methoxy groups -OCH3 is 1. The molecule has 0 radical (unpaired) electrons. The molecule has 6 heteroatoms. The molecule has 1 fully saturated rings. The smallest absolute Gasteiger partial charge is 0.412 e. The van der Waals surface area contributed by atoms with E-state index in [2.05, 4.69) is 20.8 Å². The fourth-order valence-corrected chi connectivity index (χ4v) is 2.78. The summed E-state index contributed by atoms with van der Waals surface area (Å²) < 4.78 is 16.4. The van der Waals surface area contributed by atoms with E-state index in [1.165, 1.54) is 0 Å². The number of rotatable bonds is 2. The number of hydrogen-bond donors (Lipinski definition) is 0. The highest BCUT2D eigenvalue weighted by atomic mass is 16.6. The van der Waals surface area contributed by atoms with Gasteiger partial charge in [-0.1, -0.05) is 20.8 Å². The number of hydrogen-bond acceptors (Lipinski definition) is 5. The second-order valence-corrected chi connectivity index (χ2v) is 8.43. The highest BCUT2D eigenvalue weighted by Gasteiger charge is 2.43. The number of carbonyl (C=O) groups is 1. The van der Waals surface area contributed by atoms with E-state index < -0.39 is 5.60 Å². The van der Waals surface area contributed by atoms with Gasteiger partial charge in [-0.3, -0.25) is 4.90 Å². The molecule has 2 heterocycles. The zero-order valence-electron chi connectivity index (χ0n) is 15.4. The molecule has 0 aromatic rings. The van der Waals surface area contributed by atoms with Gasteiger partial charge in [-0.2, -0.15) is 0 Å². The van der Waals surface area contributed by atoms with Gasteiger partial charge in [0.25, 0.3) is 0 Å². The summed E-state index contributed by atoms with van der Waals surface area (Å²) in [4.78, 5) is 19.1. The second kappa shape index (κ2) is 6.30. The lowest BCUT2D eigenvalue weighted by molar-refractivity contribution is -0.00396. The molecule has 2 rings (SSSR count). The van der Waals surface area contributed by atoms with Crippen LogP contribution >= 0.6 is 0 Å². The summed E-state index contributed by atoms with van der Waals surface area (Å²) in [5.41, 5.74) is -0.735. The van der Waals surface area contributed by atoms with Crippen LogP contribution in [0.15, 0.2) is 4.99 Å². The predicted octanol–water partition coefficient (Wildman–Crippen LogP) is 3.06. The maximum atomic E-state index is 12.7. The molecular formula is C17H30N2O4. The summed E-state index contributed by atoms with van der Waals surface area (Å²) >= 11 is 0. The van der Waals surface area contributed by atoms with Gasteiger partial charge in [0, 0.05) is 12.0 Å². The van der Waals surface area contributed by atoms with E-state index in [4.69, 9.17) is 19.2 Å². The number of carbonyl (C=O) groups excluding carboxylic acids is 1. The van der Waals surface area contributed by atoms with Crippen molar-refractivity contribution >= 4 is 12.0 Å². The average Bonchev–Trinajstić information content (AvgIpc) is 3.18. The van der Waals surface area contributed by atoms with Gasteiger partial charge in [0.15, 0.2) is 5.90 Å². The molecule has 0 N–H and O–H groups in total. The minimum absolute atomic E-state index is 0.0543. The quantitative estimate of drug-likeness (QED) is 0.732. The third-order valence-electron chi connectivity index (χ3n) is 3.87. The van der Waals surface area contributed by atoms with Crippen molar-refractivity contribution in [3.8, 4) is 0 Å². The third kappa shape index (κ3) is 4.83. The van der Waals surface area contributed by atoms with Gasteiger partial charge >= 0.3 is 6.09 Å². The topological polar surface area (TPSA) is 63.7 Å². The number of aliphatic imine (C=N–C) groups is 1. The van der Waals surface area contributed by atoms with Crippen LogP contribution < -0.4 is 0 Å². The molecular weight excluding hydrogens is 296 g/mol. The van der Waals surface area contributed by atoms with Crippen LogP contribution in [0.4, 0.5) is 4.79 Å². The summed E-state index contributed by atoms with van der Waals surface area (Å²) in [5.74, 6) is 0.763. The van der Waals surface area contributed by atoms with Crippen molar-refractivity contribution in [2.75, 3.05) is 20.3 Å². The molecule has 0 aromatic heterocycles. The third-order valence-corrected chi connectivity index (χ3v) is 3.87. The van der Waals surface area contributed by atoms with Gasteiger partial charge < -0.3 is 14.2 Å². The van der Waals surface area contributed by atoms with E-state index in [0.717, 1.165) is 13.0 Å². The zero-order chi connectivity index (χ0) is 17.4. The van der Waals surface area contributed by atoms with Crippen molar-refractivity contribution in [2.24, 2.45) is 16.3 Å². The van der Waals surface area contributed by atoms with E-state index in [1.807, 2.05) is 20.8 Å². The second-order valence-electron chi connectivity index (χ2n) is 8.43. The summed E-state index contributed by atoms with van der Waals surface area (Å²) in [7, 11) is 1.64. The Labute approximate surface area is 139 Å². The molecule has 23 heavy (non-hydrogen) atoms. The van der Waals surface area contributed by atoms with Crippen molar-refractivity contribution in [1.29, 1.82) is 0 Å². The van der Waals surface area contributed by atoms with Crippen LogP contribution in [0.25, 0.3) is 0 Å². The number of epoxide rings is 1. The number of amides is 1. The fourth-order valence-electron chi connectivity index (χ4n) is 2.78. The molecule has 6 nitrogen and oxygen atoms in total. The number of ether oxygens (including phenoxy) is 3. The molecule has 0 spiro atoms. The molecule has 2 aliphatic rings. The normalized spacial score (nSPS) is 28.2. The standard InChI is InChI=1S/C17H30N2O4/c1-16(2,3)14-18-13(21-7)11(8-12-10-22-12)9-19(14)15(20)23-17(4,5)6/h11-12,14H,8-10H2,1-7H3/t11-,12?,14+/m1/s1. The minimum atomic E-state index is -0.528. The number of nitrogens with zero attached hydrogens (tertiary/aromatic N) is 2. The Morgan fingerprint density at radius 1 is 1.30 bits per heavy atom. The Balaban J connectivity index is 2.25. The lowest BCUT2D eigenvalue weighted by Crippen LogP contribution is -2.54. The lowest BCUT2D eigenvalue weighted by atomic mass is 9.88. The average molecular weight is 326 g/mol. The van der Waals surface area contributed by atoms with Crippen LogP contribution in [-0.4, -0.2) is 55.0 Å². The molecule has 0 aromatic carbocycles. The van der Waals surface area contributed by atoms with Gasteiger partial charge in [-0.25, -0.2) is 9.79 Å². The van der Waals surface area contributed by atoms with Gasteiger partial charge in [0.05, 0.1) is 25.7 Å². The van der Waals surface area contributed by atoms with Crippen LogP contribution in [-0.2, 0) is 14.2 Å². The molecule has 2 aliphatic heterocycles. The van der Waals surface area contributed by atoms with Crippen molar-refractivity contribution < 1.29 is 19.0 Å². The summed E-state index contributed by atoms with van der Waals surface area (Å²) in [6, 6.07) is 0. The molecule has 0 saturated carbocycles. The van der Waals surface area contributed by atoms with Gasteiger partial charge in [-0.15, -0.1) is 0 Å². The first-order valence-corrected chi connectivity index (χ1v) is 8.24. The van der Waals surface area contributed by atoms with E-state index >= 15 is 0 Å². The van der Waals surface area contributed by atoms with Crippen LogP contribution in [0.1, 0.15) is 48.0 Å². The SMILES string of the molecule is COC1=N[C@H](C(C)(C)C)N(C(=O)OC(C)(C)C)C[C@H]1CC1CO1. The van der Waals surface area contributed by atoms with Gasteiger partial charge in [0.1, 0.15) is 11.8 Å². The summed E-state index contributed by atoms with van der Waals surface area (Å²) in [6.45, 7) is 13.1. The first-order valence-electron chi connectivity index (χ1n) is 8.24. The molecule has 132 valence electrons. The molecule has 1 amide bonds. The van der Waals surface area contributed by atoms with Crippen LogP contribution in [0.5, 0.6) is 0 Å². The first kappa shape index (κ1) is 18.0. The highest BCUT2D eigenvalue weighted by Crippen LogP contribution is 2.34. The Hall–Kier alpha value is -1.30. The van der Waals surface area contributed by atoms with Crippen LogP contribution in [0.3, 0.4) is 0 Å². The Morgan fingerprint density at radius 3 is 2.35 bits per heavy atom. The molecule has 3 atom stereocenters. The largest absolute Gasteiger partial charge is 0.484 e. The van der Waals surface area contributed by atoms with Gasteiger partial charge in [0.2, 0.25) is 0 Å². The first-order chi connectivity index (χ1) is 10.5. The van der Waals surface area contributed by atoms with Crippen molar-refractivity contribution in [1.82, 2.24) is 4.90 Å². The monoisotopic (exact) mass is 326 g/mol. The van der Waals surface area contributed by atoms with Crippen molar-refractivity contribution in [2.45, 2.75) is 65.8 Å². The fraction of sp³-hybridized carbons (Fsp3) is 0.882. The van der Waals surface area contributed by atoms with E-state index in [1.54, 1.807) is 12.0 Å². The van der Waals surface area contributed by atoms with E-state index in [-0.39, 0.29) is 29.7 Å². The summed E-state index contributed by atoms with van der Waals surface area (Å²) in [6.07, 6.45) is 0.455. The Morgan fingerprint density at radius 2 is 1.91 bits per heavy atom. The Kier molecular flexibility index (Phi) is 4.95. The van der Waals surface area contributed by atoms with E-state index in [9.17, 15) is 4.79 Å². The molecule has 0 bridgehead atoms. The zero-order valence-corrected chi connectivity index (χ0v) is 15.4. The van der Waals surface area contributed by atoms with Crippen LogP contribution in [0.2, 0.25) is 0 Å². The highest BCUT2D eigenvalue weighted by molar-refractivity contribution is 5.82. The Bertz CT molecular complexity index is 472. The van der Waals surface area contributed by atoms with Crippen molar-refractivity contribution in [3.63, 3.8) is 0 Å². The summed E-state index contributed by atoms with van der Waals surface area (Å²) in [5, 5.41) is 0. The predicted molar refractivity (Wildman–Crippen MR) is 88.5 cm³/mol. The minimum Gasteiger partial charge on any atom is -0.484 e. The lowest BCUT2D eigenvalue weighted by Gasteiger charge is -2.43. The maximum absolute atomic E-state index is 12.7. The van der Waals surface area contributed by atoms with Crippen molar-refractivity contribution in [3.05, 3.63) is 0 Å². The molecule has 1 saturated heterocycles. The maximum Gasteiger partial charge on any atom is 0.412 e.